The van der Waals surface area contributed by atoms with E-state index in [4.69, 9.17) is 0 Å². The van der Waals surface area contributed by atoms with Gasteiger partial charge < -0.3 is 9.80 Å². The van der Waals surface area contributed by atoms with Crippen LogP contribution >= 0.6 is 0 Å². The second-order valence-electron chi connectivity index (χ2n) is 8.02. The van der Waals surface area contributed by atoms with E-state index in [0.29, 0.717) is 25.8 Å². The molecule has 1 aromatic carbocycles. The Kier molecular flexibility index (Phi) is 9.50. The third kappa shape index (κ3) is 6.22. The first-order valence-electron chi connectivity index (χ1n) is 11.1. The first kappa shape index (κ1) is 25.6. The van der Waals surface area contributed by atoms with Crippen molar-refractivity contribution in [1.82, 2.24) is 20.4 Å². The van der Waals surface area contributed by atoms with Gasteiger partial charge in [-0.3, -0.25) is 14.5 Å². The topological polar surface area (TPSA) is 61.4 Å². The highest BCUT2D eigenvalue weighted by atomic mass is 19.1. The number of aromatic nitrogens is 2. The van der Waals surface area contributed by atoms with E-state index in [9.17, 15) is 13.6 Å². The SMILES string of the molecule is CCN(CC(C)N(CC)c1ccc(C)nn1)C(=O)CNC1(c2ccccc2F)CC1.CF. The number of hydrogen-bond acceptors (Lipinski definition) is 5. The minimum atomic E-state index is -0.404. The number of aryl methyl sites for hydroxylation is 1. The van der Waals surface area contributed by atoms with Gasteiger partial charge in [0.2, 0.25) is 5.91 Å². The molecular weight excluding hydrogens is 412 g/mol. The van der Waals surface area contributed by atoms with Crippen LogP contribution in [0.1, 0.15) is 44.9 Å². The molecule has 0 bridgehead atoms. The molecule has 2 aromatic rings. The van der Waals surface area contributed by atoms with Gasteiger partial charge in [0.25, 0.3) is 0 Å². The molecule has 1 unspecified atom stereocenters. The number of likely N-dealkylation sites (N-methyl/N-ethyl adjacent to an activating group) is 2. The van der Waals surface area contributed by atoms with Crippen molar-refractivity contribution in [3.63, 3.8) is 0 Å². The average Bonchev–Trinajstić information content (AvgIpc) is 3.60. The number of alkyl halides is 1. The number of carbonyl (C=O) groups excluding carboxylic acids is 1. The molecule has 6 nitrogen and oxygen atoms in total. The maximum Gasteiger partial charge on any atom is 0.236 e. The largest absolute Gasteiger partial charge is 0.351 e. The van der Waals surface area contributed by atoms with Gasteiger partial charge >= 0.3 is 0 Å². The summed E-state index contributed by atoms with van der Waals surface area (Å²) in [5, 5.41) is 11.8. The lowest BCUT2D eigenvalue weighted by atomic mass is 10.0. The fourth-order valence-corrected chi connectivity index (χ4v) is 3.94. The third-order valence-electron chi connectivity index (χ3n) is 5.89. The van der Waals surface area contributed by atoms with Gasteiger partial charge in [-0.1, -0.05) is 18.2 Å². The summed E-state index contributed by atoms with van der Waals surface area (Å²) in [6.45, 7) is 10.2. The zero-order chi connectivity index (χ0) is 23.7. The van der Waals surface area contributed by atoms with Crippen molar-refractivity contribution in [2.24, 2.45) is 0 Å². The van der Waals surface area contributed by atoms with Crippen LogP contribution in [0.3, 0.4) is 0 Å². The molecule has 1 heterocycles. The predicted octanol–water partition coefficient (Wildman–Crippen LogP) is 3.85. The van der Waals surface area contributed by atoms with Crippen LogP contribution in [-0.4, -0.2) is 60.4 Å². The van der Waals surface area contributed by atoms with Crippen molar-refractivity contribution in [3.05, 3.63) is 53.5 Å². The number of anilines is 1. The summed E-state index contributed by atoms with van der Waals surface area (Å²) in [7, 11) is 0.500. The van der Waals surface area contributed by atoms with Gasteiger partial charge in [-0.05, 0) is 58.7 Å². The number of amides is 1. The molecule has 0 radical (unpaired) electrons. The summed E-state index contributed by atoms with van der Waals surface area (Å²) < 4.78 is 23.7. The number of benzene rings is 1. The number of hydrogen-bond donors (Lipinski definition) is 1. The quantitative estimate of drug-likeness (QED) is 0.600. The van der Waals surface area contributed by atoms with Crippen LogP contribution in [0.2, 0.25) is 0 Å². The minimum Gasteiger partial charge on any atom is -0.351 e. The number of halogens is 2. The van der Waals surface area contributed by atoms with Crippen LogP contribution in [0.4, 0.5) is 14.6 Å². The second kappa shape index (κ2) is 11.9. The Hall–Kier alpha value is -2.61. The molecule has 176 valence electrons. The molecule has 1 aromatic heterocycles. The van der Waals surface area contributed by atoms with Crippen molar-refractivity contribution in [2.45, 2.75) is 52.1 Å². The smallest absolute Gasteiger partial charge is 0.236 e. The Balaban J connectivity index is 0.00000176. The third-order valence-corrected chi connectivity index (χ3v) is 5.89. The Labute approximate surface area is 190 Å². The van der Waals surface area contributed by atoms with Gasteiger partial charge in [-0.15, -0.1) is 5.10 Å². The van der Waals surface area contributed by atoms with Gasteiger partial charge in [0.1, 0.15) is 5.82 Å². The average molecular weight is 448 g/mol. The lowest BCUT2D eigenvalue weighted by Gasteiger charge is -2.33. The van der Waals surface area contributed by atoms with Crippen LogP contribution in [0.25, 0.3) is 0 Å². The monoisotopic (exact) mass is 447 g/mol. The van der Waals surface area contributed by atoms with Gasteiger partial charge in [-0.25, -0.2) is 4.39 Å². The molecule has 1 aliphatic rings. The van der Waals surface area contributed by atoms with Gasteiger partial charge in [0.05, 0.1) is 19.4 Å². The van der Waals surface area contributed by atoms with E-state index in [1.54, 1.807) is 12.1 Å². The fraction of sp³-hybridized carbons (Fsp3) is 0.542. The summed E-state index contributed by atoms with van der Waals surface area (Å²) in [6.07, 6.45) is 1.69. The lowest BCUT2D eigenvalue weighted by Crippen LogP contribution is -2.48. The molecule has 32 heavy (non-hydrogen) atoms. The second-order valence-corrected chi connectivity index (χ2v) is 8.02. The molecule has 1 atom stereocenters. The standard InChI is InChI=1S/C23H32FN5O.CH3F/c1-5-28(16-18(4)29(6-2)21-12-11-17(3)26-27-21)22(30)15-25-23(13-14-23)19-9-7-8-10-20(19)24;1-2/h7-12,18,25H,5-6,13-16H2,1-4H3;1H3. The summed E-state index contributed by atoms with van der Waals surface area (Å²) in [6, 6.07) is 10.8. The molecular formula is C24H35F2N5O. The summed E-state index contributed by atoms with van der Waals surface area (Å²) in [5.74, 6) is 0.625. The van der Waals surface area contributed by atoms with E-state index >= 15 is 0 Å². The van der Waals surface area contributed by atoms with Crippen LogP contribution in [0.15, 0.2) is 36.4 Å². The molecule has 1 saturated carbocycles. The van der Waals surface area contributed by atoms with E-state index in [-0.39, 0.29) is 24.3 Å². The normalized spacial score (nSPS) is 14.7. The molecule has 0 aliphatic heterocycles. The number of rotatable bonds is 10. The molecule has 0 saturated heterocycles. The molecule has 1 amide bonds. The molecule has 1 N–H and O–H groups in total. The van der Waals surface area contributed by atoms with Gasteiger partial charge in [0, 0.05) is 36.8 Å². The predicted molar refractivity (Wildman–Crippen MR) is 124 cm³/mol. The molecule has 1 aliphatic carbocycles. The van der Waals surface area contributed by atoms with Crippen LogP contribution < -0.4 is 10.2 Å². The van der Waals surface area contributed by atoms with Crippen molar-refractivity contribution >= 4 is 11.7 Å². The fourth-order valence-electron chi connectivity index (χ4n) is 3.94. The Bertz CT molecular complexity index is 858. The van der Waals surface area contributed by atoms with E-state index in [1.807, 2.05) is 36.9 Å². The lowest BCUT2D eigenvalue weighted by molar-refractivity contribution is -0.130. The van der Waals surface area contributed by atoms with Crippen LogP contribution in [0.5, 0.6) is 0 Å². The van der Waals surface area contributed by atoms with Crippen molar-refractivity contribution in [3.8, 4) is 0 Å². The maximum absolute atomic E-state index is 14.2. The molecule has 3 rings (SSSR count). The Morgan fingerprint density at radius 1 is 1.12 bits per heavy atom. The van der Waals surface area contributed by atoms with E-state index < -0.39 is 5.54 Å². The maximum atomic E-state index is 14.2. The van der Waals surface area contributed by atoms with Gasteiger partial charge in [0.15, 0.2) is 5.82 Å². The number of nitrogens with zero attached hydrogens (tertiary/aromatic N) is 4. The zero-order valence-electron chi connectivity index (χ0n) is 19.7. The van der Waals surface area contributed by atoms with Crippen LogP contribution in [-0.2, 0) is 10.3 Å². The van der Waals surface area contributed by atoms with E-state index in [2.05, 4.69) is 34.3 Å². The number of nitrogens with one attached hydrogen (secondary N) is 1. The highest BCUT2D eigenvalue weighted by molar-refractivity contribution is 5.78. The van der Waals surface area contributed by atoms with Crippen molar-refractivity contribution in [2.75, 3.05) is 38.3 Å². The van der Waals surface area contributed by atoms with E-state index in [0.717, 1.165) is 30.9 Å². The van der Waals surface area contributed by atoms with Gasteiger partial charge in [-0.2, -0.15) is 5.10 Å². The Morgan fingerprint density at radius 2 is 1.81 bits per heavy atom. The zero-order valence-corrected chi connectivity index (χ0v) is 19.7. The summed E-state index contributed by atoms with van der Waals surface area (Å²) in [5.41, 5.74) is 1.13. The molecule has 0 spiro atoms. The number of carbonyl (C=O) groups is 1. The Morgan fingerprint density at radius 3 is 2.34 bits per heavy atom. The molecule has 1 fully saturated rings. The van der Waals surface area contributed by atoms with E-state index in [1.165, 1.54) is 6.07 Å². The van der Waals surface area contributed by atoms with Crippen molar-refractivity contribution < 1.29 is 13.6 Å². The highest BCUT2D eigenvalue weighted by Crippen LogP contribution is 2.46. The van der Waals surface area contributed by atoms with Crippen molar-refractivity contribution in [1.29, 1.82) is 0 Å². The van der Waals surface area contributed by atoms with Crippen LogP contribution in [0, 0.1) is 12.7 Å². The highest BCUT2D eigenvalue weighted by Gasteiger charge is 2.46. The summed E-state index contributed by atoms with van der Waals surface area (Å²) >= 11 is 0. The first-order chi connectivity index (χ1) is 15.4. The first-order valence-corrected chi connectivity index (χ1v) is 11.1. The molecule has 8 heteroatoms. The minimum absolute atomic E-state index is 0.0259. The summed E-state index contributed by atoms with van der Waals surface area (Å²) in [4.78, 5) is 16.9.